The van der Waals surface area contributed by atoms with Crippen molar-refractivity contribution in [2.24, 2.45) is 17.3 Å². The van der Waals surface area contributed by atoms with Gasteiger partial charge in [-0.25, -0.2) is 0 Å². The molecule has 2 fully saturated rings. The van der Waals surface area contributed by atoms with Crippen LogP contribution in [0.15, 0.2) is 103 Å². The van der Waals surface area contributed by atoms with Crippen LogP contribution in [0, 0.1) is 17.3 Å². The number of hydrogen-bond acceptors (Lipinski definition) is 1. The number of likely N-dealkylation sites (tertiary alicyclic amines) is 1. The number of rotatable bonds is 5. The fourth-order valence-corrected chi connectivity index (χ4v) is 25.9. The Hall–Kier alpha value is -2.33. The number of amides is 1. The van der Waals surface area contributed by atoms with Crippen LogP contribution in [-0.2, 0) is 4.79 Å². The van der Waals surface area contributed by atoms with Crippen LogP contribution < -0.4 is 10.7 Å². The second kappa shape index (κ2) is 9.28. The molecule has 4 atom stereocenters. The van der Waals surface area contributed by atoms with Gasteiger partial charge in [0.1, 0.15) is 0 Å². The van der Waals surface area contributed by atoms with E-state index in [0.29, 0.717) is 21.7 Å². The van der Waals surface area contributed by atoms with Crippen LogP contribution in [0.4, 0.5) is 0 Å². The van der Waals surface area contributed by atoms with Gasteiger partial charge in [-0.05, 0) is 0 Å². The molecule has 0 N–H and O–H groups in total. The van der Waals surface area contributed by atoms with E-state index in [-0.39, 0.29) is 5.41 Å². The summed E-state index contributed by atoms with van der Waals surface area (Å²) in [6.07, 6.45) is 9.51. The number of carbonyl (C=O) groups excluding carboxylic acids is 1. The predicted molar refractivity (Wildman–Crippen MR) is 147 cm³/mol. The second-order valence-electron chi connectivity index (χ2n) is 10.9. The van der Waals surface area contributed by atoms with E-state index in [1.165, 1.54) is 17.2 Å². The van der Waals surface area contributed by atoms with Crippen molar-refractivity contribution in [3.63, 3.8) is 0 Å². The molecule has 1 heterocycles. The van der Waals surface area contributed by atoms with Crippen LogP contribution in [0.1, 0.15) is 32.6 Å². The van der Waals surface area contributed by atoms with Gasteiger partial charge in [0.25, 0.3) is 0 Å². The van der Waals surface area contributed by atoms with Gasteiger partial charge >= 0.3 is 215 Å². The molecule has 2 nitrogen and oxygen atoms in total. The number of fused-ring (bicyclic) bond motifs is 2. The van der Waals surface area contributed by atoms with Gasteiger partial charge in [-0.2, -0.15) is 0 Å². The molecule has 1 saturated carbocycles. The predicted octanol–water partition coefficient (Wildman–Crippen LogP) is 4.75. The fraction of sp³-hybridized carbons (Fsp3) is 0.344. The zero-order valence-electron chi connectivity index (χ0n) is 20.6. The Morgan fingerprint density at radius 3 is 1.71 bits per heavy atom. The topological polar surface area (TPSA) is 20.3 Å². The van der Waals surface area contributed by atoms with Gasteiger partial charge in [0.2, 0.25) is 0 Å². The van der Waals surface area contributed by atoms with Crippen LogP contribution in [0.2, 0.25) is 3.93 Å². The number of allylic oxidation sites excluding steroid dienone is 2. The van der Waals surface area contributed by atoms with Crippen LogP contribution >= 0.6 is 0 Å². The van der Waals surface area contributed by atoms with Crippen molar-refractivity contribution < 1.29 is 4.79 Å². The van der Waals surface area contributed by atoms with E-state index < -0.39 is 18.4 Å². The molecule has 3 aliphatic rings. The van der Waals surface area contributed by atoms with E-state index in [4.69, 9.17) is 0 Å². The maximum absolute atomic E-state index is 14.6. The number of carbonyl (C=O) groups is 1. The molecule has 1 saturated heterocycles. The van der Waals surface area contributed by atoms with E-state index in [1.807, 2.05) is 0 Å². The van der Waals surface area contributed by atoms with Gasteiger partial charge in [0, 0.05) is 0 Å². The molecule has 2 bridgehead atoms. The molecule has 6 rings (SSSR count). The summed E-state index contributed by atoms with van der Waals surface area (Å²) in [7, 11) is 0. The Kier molecular flexibility index (Phi) is 6.12. The van der Waals surface area contributed by atoms with Crippen LogP contribution in [-0.4, -0.2) is 42.3 Å². The van der Waals surface area contributed by atoms with Crippen molar-refractivity contribution >= 4 is 35.0 Å². The zero-order valence-corrected chi connectivity index (χ0v) is 23.5. The Balaban J connectivity index is 1.64. The van der Waals surface area contributed by atoms with Crippen molar-refractivity contribution in [3.8, 4) is 0 Å². The number of benzene rings is 3. The molecular weight excluding hydrogens is 533 g/mol. The first-order valence-corrected chi connectivity index (χ1v) is 19.2. The van der Waals surface area contributed by atoms with E-state index in [1.54, 1.807) is 0 Å². The van der Waals surface area contributed by atoms with E-state index in [9.17, 15) is 4.79 Å². The molecule has 35 heavy (non-hydrogen) atoms. The maximum atomic E-state index is 14.6. The number of nitrogens with zero attached hydrogens (tertiary/aromatic N) is 1. The monoisotopic (exact) mass is 569 g/mol. The van der Waals surface area contributed by atoms with Gasteiger partial charge < -0.3 is 0 Å². The summed E-state index contributed by atoms with van der Waals surface area (Å²) in [6, 6.07) is 33.9. The van der Waals surface area contributed by atoms with Crippen molar-refractivity contribution in [2.45, 2.75) is 36.5 Å². The van der Waals surface area contributed by atoms with E-state index in [2.05, 4.69) is 115 Å². The normalized spacial score (nSPS) is 27.8. The average molecular weight is 568 g/mol. The molecule has 3 heteroatoms. The van der Waals surface area contributed by atoms with E-state index >= 15 is 0 Å². The Morgan fingerprint density at radius 2 is 1.23 bits per heavy atom. The number of piperidine rings is 1. The van der Waals surface area contributed by atoms with Crippen molar-refractivity contribution in [2.75, 3.05) is 13.1 Å². The summed E-state index contributed by atoms with van der Waals surface area (Å²) in [4.78, 5) is 16.8. The first kappa shape index (κ1) is 23.1. The second-order valence-corrected chi connectivity index (χ2v) is 22.2. The summed E-state index contributed by atoms with van der Waals surface area (Å²) in [6.45, 7) is 4.20. The van der Waals surface area contributed by atoms with Gasteiger partial charge in [-0.1, -0.05) is 0 Å². The SMILES string of the molecule is C[C@]1(C(=O)N2CCCCC2)[C@@H]2C=C[C@@H](C2)[C@H]1[Sn]([c]1ccccc1)([c]1ccccc1)[c]1ccccc1. The first-order chi connectivity index (χ1) is 17.2. The third-order valence-electron chi connectivity index (χ3n) is 9.22. The summed E-state index contributed by atoms with van der Waals surface area (Å²) in [5, 5.41) is 0. The molecule has 0 spiro atoms. The molecule has 0 radical (unpaired) electrons. The zero-order chi connectivity index (χ0) is 23.9. The summed E-state index contributed by atoms with van der Waals surface area (Å²) in [5.41, 5.74) is -0.367. The third kappa shape index (κ3) is 3.55. The molecule has 3 aromatic rings. The van der Waals surface area contributed by atoms with Gasteiger partial charge in [0.05, 0.1) is 0 Å². The summed E-state index contributed by atoms with van der Waals surface area (Å²) >= 11 is -3.72. The molecule has 1 aliphatic heterocycles. The van der Waals surface area contributed by atoms with Gasteiger partial charge in [-0.15, -0.1) is 0 Å². The van der Waals surface area contributed by atoms with Gasteiger partial charge in [-0.3, -0.25) is 0 Å². The standard InChI is InChI=1S/C14H20NO.3C6H5.Sn/c1-14(10-11-5-6-12(14)9-11)13(16)15-7-3-2-4-8-15;3*1-2-4-6-5-3-1;/h5-6,10-12H,2-4,7-9H2,1H3;3*1-5H;/t11-,12+,14+;;;;/m0..../s1. The average Bonchev–Trinajstić information content (AvgIpc) is 3.53. The molecule has 1 amide bonds. The summed E-state index contributed by atoms with van der Waals surface area (Å²) in [5.74, 6) is 1.21. The van der Waals surface area contributed by atoms with Crippen LogP contribution in [0.3, 0.4) is 0 Å². The van der Waals surface area contributed by atoms with Crippen LogP contribution in [0.25, 0.3) is 0 Å². The van der Waals surface area contributed by atoms with Crippen molar-refractivity contribution in [1.82, 2.24) is 4.90 Å². The minimum atomic E-state index is -3.72. The quantitative estimate of drug-likeness (QED) is 0.322. The van der Waals surface area contributed by atoms with Crippen molar-refractivity contribution in [3.05, 3.63) is 103 Å². The molecule has 0 unspecified atom stereocenters. The molecule has 2 aliphatic carbocycles. The van der Waals surface area contributed by atoms with E-state index in [0.717, 1.165) is 32.4 Å². The molecule has 0 aromatic heterocycles. The third-order valence-corrected chi connectivity index (χ3v) is 25.5. The van der Waals surface area contributed by atoms with Crippen LogP contribution in [0.5, 0.6) is 0 Å². The Morgan fingerprint density at radius 1 is 0.743 bits per heavy atom. The Labute approximate surface area is 213 Å². The molecule has 3 aromatic carbocycles. The Bertz CT molecular complexity index is 1110. The van der Waals surface area contributed by atoms with Crippen molar-refractivity contribution in [1.29, 1.82) is 0 Å². The molecular formula is C32H35NOSn. The summed E-state index contributed by atoms with van der Waals surface area (Å²) < 4.78 is 4.81. The molecule has 178 valence electrons. The van der Waals surface area contributed by atoms with Gasteiger partial charge in [0.15, 0.2) is 0 Å². The number of hydrogen-bond donors (Lipinski definition) is 0. The first-order valence-electron chi connectivity index (χ1n) is 13.3. The minimum absolute atomic E-state index is 0.333. The fourth-order valence-electron chi connectivity index (χ4n) is 7.74.